The molecule has 2 nitrogen and oxygen atoms in total. The van der Waals surface area contributed by atoms with Gasteiger partial charge < -0.3 is 10.2 Å². The van der Waals surface area contributed by atoms with Crippen LogP contribution in [0.3, 0.4) is 0 Å². The Morgan fingerprint density at radius 3 is 1.54 bits per heavy atom. The maximum atomic E-state index is 10.1. The molecule has 4 heteroatoms. The predicted molar refractivity (Wildman–Crippen MR) is 107 cm³/mol. The molecule has 2 aromatic carbocycles. The summed E-state index contributed by atoms with van der Waals surface area (Å²) < 4.78 is 0. The number of benzene rings is 2. The largest absolute Gasteiger partial charge is 0.390 e. The average Bonchev–Trinajstić information content (AvgIpc) is 2.55. The first-order valence-corrected chi connectivity index (χ1v) is 10.5. The number of aliphatic hydroxyl groups is 2. The molecule has 0 aliphatic rings. The molecule has 0 bridgehead atoms. The fraction of sp³-hybridized carbons (Fsp3) is 0.400. The van der Waals surface area contributed by atoms with Crippen LogP contribution in [-0.4, -0.2) is 33.9 Å². The molecular formula is C20H26O2S2. The van der Waals surface area contributed by atoms with Gasteiger partial charge in [0.1, 0.15) is 0 Å². The maximum Gasteiger partial charge on any atom is 0.0897 e. The van der Waals surface area contributed by atoms with Crippen molar-refractivity contribution in [2.75, 3.05) is 11.5 Å². The number of hydrogen-bond acceptors (Lipinski definition) is 4. The van der Waals surface area contributed by atoms with E-state index in [0.717, 1.165) is 11.5 Å². The number of aryl methyl sites for hydroxylation is 2. The lowest BCUT2D eigenvalue weighted by Crippen LogP contribution is -2.30. The minimum Gasteiger partial charge on any atom is -0.390 e. The second kappa shape index (κ2) is 10.1. The van der Waals surface area contributed by atoms with Crippen molar-refractivity contribution in [2.24, 2.45) is 0 Å². The molecule has 0 heterocycles. The number of aliphatic hydroxyl groups excluding tert-OH is 2. The Morgan fingerprint density at radius 1 is 0.750 bits per heavy atom. The molecule has 2 aromatic rings. The second-order valence-corrected chi connectivity index (χ2v) is 8.20. The first-order valence-electron chi connectivity index (χ1n) is 8.17. The van der Waals surface area contributed by atoms with E-state index in [2.05, 4.69) is 62.4 Å². The molecule has 0 spiro atoms. The van der Waals surface area contributed by atoms with E-state index in [1.54, 1.807) is 23.5 Å². The molecule has 2 rings (SSSR count). The molecule has 2 atom stereocenters. The smallest absolute Gasteiger partial charge is 0.0897 e. The van der Waals surface area contributed by atoms with Crippen molar-refractivity contribution in [3.05, 3.63) is 70.8 Å². The highest BCUT2D eigenvalue weighted by atomic mass is 32.2. The Bertz CT molecular complexity index is 575. The van der Waals surface area contributed by atoms with Crippen LogP contribution in [0.15, 0.2) is 48.5 Å². The van der Waals surface area contributed by atoms with E-state index < -0.39 is 12.2 Å². The van der Waals surface area contributed by atoms with E-state index >= 15 is 0 Å². The molecule has 130 valence electrons. The molecule has 2 N–H and O–H groups in total. The standard InChI is InChI=1S/C20H26O2S2/c1-15-5-3-7-17(9-15)11-23-13-19(21)20(22)14-24-12-18-8-4-6-16(2)10-18/h3-10,19-22H,11-14H2,1-2H3. The van der Waals surface area contributed by atoms with Crippen LogP contribution in [0.2, 0.25) is 0 Å². The molecule has 0 aliphatic heterocycles. The molecular weight excluding hydrogens is 336 g/mol. The fourth-order valence-electron chi connectivity index (χ4n) is 2.42. The van der Waals surface area contributed by atoms with Crippen LogP contribution < -0.4 is 0 Å². The Balaban J connectivity index is 1.65. The highest BCUT2D eigenvalue weighted by molar-refractivity contribution is 7.98. The Hall–Kier alpha value is -0.940. The van der Waals surface area contributed by atoms with Crippen molar-refractivity contribution < 1.29 is 10.2 Å². The molecule has 0 aliphatic carbocycles. The van der Waals surface area contributed by atoms with Gasteiger partial charge in [0.15, 0.2) is 0 Å². The summed E-state index contributed by atoms with van der Waals surface area (Å²) in [4.78, 5) is 0. The van der Waals surface area contributed by atoms with E-state index in [9.17, 15) is 10.2 Å². The maximum absolute atomic E-state index is 10.1. The first kappa shape index (κ1) is 19.4. The summed E-state index contributed by atoms with van der Waals surface area (Å²) in [6.45, 7) is 4.16. The monoisotopic (exact) mass is 362 g/mol. The summed E-state index contributed by atoms with van der Waals surface area (Å²) in [7, 11) is 0. The van der Waals surface area contributed by atoms with Gasteiger partial charge in [-0.15, -0.1) is 0 Å². The number of thioether (sulfide) groups is 2. The Morgan fingerprint density at radius 2 is 1.17 bits per heavy atom. The Labute approximate surface area is 153 Å². The zero-order valence-electron chi connectivity index (χ0n) is 14.3. The van der Waals surface area contributed by atoms with Crippen LogP contribution in [0.25, 0.3) is 0 Å². The van der Waals surface area contributed by atoms with E-state index in [1.807, 2.05) is 0 Å². The fourth-order valence-corrected chi connectivity index (χ4v) is 4.41. The van der Waals surface area contributed by atoms with Crippen molar-refractivity contribution in [3.63, 3.8) is 0 Å². The molecule has 0 saturated carbocycles. The van der Waals surface area contributed by atoms with Crippen LogP contribution in [0.4, 0.5) is 0 Å². The van der Waals surface area contributed by atoms with E-state index in [0.29, 0.717) is 11.5 Å². The number of rotatable bonds is 9. The van der Waals surface area contributed by atoms with Crippen molar-refractivity contribution in [1.82, 2.24) is 0 Å². The minimum absolute atomic E-state index is 0.556. The normalized spacial score (nSPS) is 13.7. The van der Waals surface area contributed by atoms with Gasteiger partial charge >= 0.3 is 0 Å². The molecule has 0 fully saturated rings. The van der Waals surface area contributed by atoms with Gasteiger partial charge in [-0.3, -0.25) is 0 Å². The van der Waals surface area contributed by atoms with Gasteiger partial charge in [0.25, 0.3) is 0 Å². The van der Waals surface area contributed by atoms with E-state index in [4.69, 9.17) is 0 Å². The average molecular weight is 363 g/mol. The minimum atomic E-state index is -0.676. The third-order valence-corrected chi connectivity index (χ3v) is 5.95. The summed E-state index contributed by atoms with van der Waals surface area (Å²) in [5.41, 5.74) is 5.02. The van der Waals surface area contributed by atoms with Gasteiger partial charge in [0.05, 0.1) is 12.2 Å². The zero-order valence-corrected chi connectivity index (χ0v) is 15.9. The van der Waals surface area contributed by atoms with Gasteiger partial charge in [0, 0.05) is 23.0 Å². The molecule has 0 radical (unpaired) electrons. The molecule has 2 unspecified atom stereocenters. The SMILES string of the molecule is Cc1cccc(CSCC(O)C(O)CSCc2cccc(C)c2)c1. The summed E-state index contributed by atoms with van der Waals surface area (Å²) in [6.07, 6.45) is -1.35. The lowest BCUT2D eigenvalue weighted by Gasteiger charge is -2.17. The van der Waals surface area contributed by atoms with Gasteiger partial charge in [-0.1, -0.05) is 59.7 Å². The van der Waals surface area contributed by atoms with Crippen molar-refractivity contribution >= 4 is 23.5 Å². The number of hydrogen-bond donors (Lipinski definition) is 2. The highest BCUT2D eigenvalue weighted by Gasteiger charge is 2.16. The second-order valence-electron chi connectivity index (χ2n) is 6.14. The lowest BCUT2D eigenvalue weighted by atomic mass is 10.2. The molecule has 0 aromatic heterocycles. The third-order valence-electron chi connectivity index (χ3n) is 3.72. The molecule has 0 saturated heterocycles. The summed E-state index contributed by atoms with van der Waals surface area (Å²) >= 11 is 3.33. The van der Waals surface area contributed by atoms with Gasteiger partial charge in [-0.25, -0.2) is 0 Å². The van der Waals surface area contributed by atoms with Gasteiger partial charge in [-0.05, 0) is 25.0 Å². The quantitative estimate of drug-likeness (QED) is 0.702. The summed E-state index contributed by atoms with van der Waals surface area (Å²) in [5, 5.41) is 20.2. The lowest BCUT2D eigenvalue weighted by molar-refractivity contribution is 0.0500. The van der Waals surface area contributed by atoms with Crippen molar-refractivity contribution in [2.45, 2.75) is 37.6 Å². The Kier molecular flexibility index (Phi) is 8.19. The van der Waals surface area contributed by atoms with Crippen LogP contribution in [-0.2, 0) is 11.5 Å². The topological polar surface area (TPSA) is 40.5 Å². The van der Waals surface area contributed by atoms with E-state index in [1.165, 1.54) is 22.3 Å². The molecule has 24 heavy (non-hydrogen) atoms. The first-order chi connectivity index (χ1) is 11.5. The third kappa shape index (κ3) is 6.89. The van der Waals surface area contributed by atoms with Crippen molar-refractivity contribution in [3.8, 4) is 0 Å². The predicted octanol–water partition coefficient (Wildman–Crippen LogP) is 4.19. The summed E-state index contributed by atoms with van der Waals surface area (Å²) in [5.74, 6) is 2.84. The van der Waals surface area contributed by atoms with Gasteiger partial charge in [-0.2, -0.15) is 23.5 Å². The summed E-state index contributed by atoms with van der Waals surface area (Å²) in [6, 6.07) is 16.8. The van der Waals surface area contributed by atoms with Crippen molar-refractivity contribution in [1.29, 1.82) is 0 Å². The van der Waals surface area contributed by atoms with Crippen LogP contribution >= 0.6 is 23.5 Å². The molecule has 0 amide bonds. The zero-order chi connectivity index (χ0) is 17.4. The van der Waals surface area contributed by atoms with E-state index in [-0.39, 0.29) is 0 Å². The van der Waals surface area contributed by atoms with Crippen LogP contribution in [0.5, 0.6) is 0 Å². The van der Waals surface area contributed by atoms with Crippen LogP contribution in [0, 0.1) is 13.8 Å². The van der Waals surface area contributed by atoms with Crippen LogP contribution in [0.1, 0.15) is 22.3 Å². The highest BCUT2D eigenvalue weighted by Crippen LogP contribution is 2.19. The van der Waals surface area contributed by atoms with Gasteiger partial charge in [0.2, 0.25) is 0 Å².